The number of aromatic nitrogens is 2. The topological polar surface area (TPSA) is 49.0 Å². The van der Waals surface area contributed by atoms with Gasteiger partial charge in [0.05, 0.1) is 11.3 Å². The lowest BCUT2D eigenvalue weighted by Crippen LogP contribution is -2.35. The highest BCUT2D eigenvalue weighted by Crippen LogP contribution is 2.24. The predicted molar refractivity (Wildman–Crippen MR) is 102 cm³/mol. The largest absolute Gasteiger partial charge is 0.306 e. The first kappa shape index (κ1) is 16.2. The Balaban J connectivity index is 1.58. The highest BCUT2D eigenvalue weighted by molar-refractivity contribution is 7.12. The summed E-state index contributed by atoms with van der Waals surface area (Å²) in [5, 5.41) is 0. The van der Waals surface area contributed by atoms with Gasteiger partial charge in [0, 0.05) is 41.4 Å². The van der Waals surface area contributed by atoms with Crippen molar-refractivity contribution >= 4 is 11.3 Å². The molecule has 1 N–H and O–H groups in total. The van der Waals surface area contributed by atoms with Crippen molar-refractivity contribution in [2.45, 2.75) is 33.4 Å². The van der Waals surface area contributed by atoms with E-state index in [0.29, 0.717) is 12.4 Å². The molecule has 0 amide bonds. The lowest BCUT2D eigenvalue weighted by Gasteiger charge is -2.27. The van der Waals surface area contributed by atoms with E-state index in [1.165, 1.54) is 15.3 Å². The first-order valence-electron chi connectivity index (χ1n) is 8.56. The smallest absolute Gasteiger partial charge is 0.255 e. The number of hydrogen-bond donors (Lipinski definition) is 1. The van der Waals surface area contributed by atoms with Crippen LogP contribution in [0.15, 0.2) is 41.2 Å². The van der Waals surface area contributed by atoms with Crippen LogP contribution in [0.1, 0.15) is 26.6 Å². The highest BCUT2D eigenvalue weighted by atomic mass is 32.1. The molecule has 128 valence electrons. The first-order chi connectivity index (χ1) is 12.1. The Morgan fingerprint density at radius 3 is 2.76 bits per heavy atom. The van der Waals surface area contributed by atoms with Gasteiger partial charge in [-0.3, -0.25) is 9.69 Å². The van der Waals surface area contributed by atoms with Crippen molar-refractivity contribution in [2.24, 2.45) is 0 Å². The van der Waals surface area contributed by atoms with E-state index in [1.54, 1.807) is 0 Å². The van der Waals surface area contributed by atoms with Crippen LogP contribution in [0, 0.1) is 13.8 Å². The van der Waals surface area contributed by atoms with Crippen LogP contribution in [-0.4, -0.2) is 21.4 Å². The summed E-state index contributed by atoms with van der Waals surface area (Å²) in [5.74, 6) is 0.669. The SMILES string of the molecule is Cc1cc(CN2CCc3nc(-c4ccccc4)[nH]c(=O)c3C2)sc1C. The van der Waals surface area contributed by atoms with Crippen molar-refractivity contribution in [3.05, 3.63) is 73.3 Å². The second-order valence-electron chi connectivity index (χ2n) is 6.62. The zero-order chi connectivity index (χ0) is 17.4. The number of nitrogens with one attached hydrogen (secondary N) is 1. The van der Waals surface area contributed by atoms with Crippen LogP contribution in [0.25, 0.3) is 11.4 Å². The summed E-state index contributed by atoms with van der Waals surface area (Å²) in [6.07, 6.45) is 0.822. The zero-order valence-electron chi connectivity index (χ0n) is 14.5. The molecule has 0 saturated carbocycles. The summed E-state index contributed by atoms with van der Waals surface area (Å²) in [6, 6.07) is 12.1. The number of nitrogens with zero attached hydrogens (tertiary/aromatic N) is 2. The third-order valence-corrected chi connectivity index (χ3v) is 5.93. The second kappa shape index (κ2) is 6.58. The molecule has 1 aromatic carbocycles. The van der Waals surface area contributed by atoms with Gasteiger partial charge in [-0.2, -0.15) is 0 Å². The number of thiophene rings is 1. The van der Waals surface area contributed by atoms with Crippen LogP contribution in [0.2, 0.25) is 0 Å². The molecule has 3 heterocycles. The van der Waals surface area contributed by atoms with E-state index in [4.69, 9.17) is 4.98 Å². The molecule has 0 bridgehead atoms. The minimum absolute atomic E-state index is 0.00732. The third kappa shape index (κ3) is 3.30. The summed E-state index contributed by atoms with van der Waals surface area (Å²) in [6.45, 7) is 6.82. The number of benzene rings is 1. The summed E-state index contributed by atoms with van der Waals surface area (Å²) in [4.78, 5) is 25.4. The molecule has 25 heavy (non-hydrogen) atoms. The average molecular weight is 351 g/mol. The van der Waals surface area contributed by atoms with Gasteiger partial charge in [-0.15, -0.1) is 11.3 Å². The highest BCUT2D eigenvalue weighted by Gasteiger charge is 2.22. The van der Waals surface area contributed by atoms with Crippen LogP contribution in [0.4, 0.5) is 0 Å². The molecule has 0 aliphatic carbocycles. The first-order valence-corrected chi connectivity index (χ1v) is 9.37. The van der Waals surface area contributed by atoms with E-state index in [-0.39, 0.29) is 5.56 Å². The van der Waals surface area contributed by atoms with Crippen LogP contribution in [0.5, 0.6) is 0 Å². The minimum atomic E-state index is -0.00732. The molecule has 0 unspecified atom stereocenters. The summed E-state index contributed by atoms with van der Waals surface area (Å²) in [7, 11) is 0. The maximum Gasteiger partial charge on any atom is 0.255 e. The molecular weight excluding hydrogens is 330 g/mol. The summed E-state index contributed by atoms with van der Waals surface area (Å²) >= 11 is 1.85. The predicted octanol–water partition coefficient (Wildman–Crippen LogP) is 3.67. The van der Waals surface area contributed by atoms with Crippen molar-refractivity contribution < 1.29 is 0 Å². The molecule has 4 rings (SSSR count). The maximum atomic E-state index is 12.6. The number of H-pyrrole nitrogens is 1. The van der Waals surface area contributed by atoms with E-state index in [1.807, 2.05) is 41.7 Å². The molecule has 0 spiro atoms. The molecule has 5 heteroatoms. The molecule has 0 fully saturated rings. The van der Waals surface area contributed by atoms with Crippen molar-refractivity contribution in [2.75, 3.05) is 6.54 Å². The van der Waals surface area contributed by atoms with E-state index in [2.05, 4.69) is 29.8 Å². The number of fused-ring (bicyclic) bond motifs is 1. The van der Waals surface area contributed by atoms with Gasteiger partial charge in [-0.05, 0) is 25.5 Å². The molecular formula is C20H21N3OS. The molecule has 0 radical (unpaired) electrons. The minimum Gasteiger partial charge on any atom is -0.306 e. The molecule has 0 atom stereocenters. The second-order valence-corrected chi connectivity index (χ2v) is 7.96. The van der Waals surface area contributed by atoms with Gasteiger partial charge in [-0.25, -0.2) is 4.98 Å². The molecule has 4 nitrogen and oxygen atoms in total. The summed E-state index contributed by atoms with van der Waals surface area (Å²) in [5.41, 5.74) is 4.05. The van der Waals surface area contributed by atoms with Crippen LogP contribution >= 0.6 is 11.3 Å². The van der Waals surface area contributed by atoms with E-state index < -0.39 is 0 Å². The summed E-state index contributed by atoms with van der Waals surface area (Å²) < 4.78 is 0. The van der Waals surface area contributed by atoms with Gasteiger partial charge in [0.15, 0.2) is 0 Å². The zero-order valence-corrected chi connectivity index (χ0v) is 15.3. The maximum absolute atomic E-state index is 12.6. The Kier molecular flexibility index (Phi) is 4.27. The Morgan fingerprint density at radius 2 is 2.04 bits per heavy atom. The van der Waals surface area contributed by atoms with Crippen molar-refractivity contribution in [1.29, 1.82) is 0 Å². The normalized spacial score (nSPS) is 14.5. The number of aryl methyl sites for hydroxylation is 2. The molecule has 0 saturated heterocycles. The standard InChI is InChI=1S/C20H21N3OS/c1-13-10-16(25-14(13)2)11-23-9-8-18-17(12-23)20(24)22-19(21-18)15-6-4-3-5-7-15/h3-7,10H,8-9,11-12H2,1-2H3,(H,21,22,24). The van der Waals surface area contributed by atoms with E-state index in [9.17, 15) is 4.79 Å². The Hall–Kier alpha value is -2.24. The fraction of sp³-hybridized carbons (Fsp3) is 0.300. The van der Waals surface area contributed by atoms with Gasteiger partial charge >= 0.3 is 0 Å². The fourth-order valence-electron chi connectivity index (χ4n) is 3.30. The van der Waals surface area contributed by atoms with Crippen LogP contribution < -0.4 is 5.56 Å². The molecule has 1 aliphatic rings. The Labute approximate surface area is 151 Å². The quantitative estimate of drug-likeness (QED) is 0.783. The van der Waals surface area contributed by atoms with Crippen LogP contribution in [-0.2, 0) is 19.5 Å². The van der Waals surface area contributed by atoms with Gasteiger partial charge in [0.2, 0.25) is 0 Å². The Bertz CT molecular complexity index is 939. The number of hydrogen-bond acceptors (Lipinski definition) is 4. The third-order valence-electron chi connectivity index (χ3n) is 4.79. The molecule has 2 aromatic heterocycles. The lowest BCUT2D eigenvalue weighted by atomic mass is 10.1. The number of aromatic amines is 1. The molecule has 1 aliphatic heterocycles. The Morgan fingerprint density at radius 1 is 1.24 bits per heavy atom. The van der Waals surface area contributed by atoms with Gasteiger partial charge < -0.3 is 4.98 Å². The lowest BCUT2D eigenvalue weighted by molar-refractivity contribution is 0.244. The monoisotopic (exact) mass is 351 g/mol. The van der Waals surface area contributed by atoms with Gasteiger partial charge in [0.1, 0.15) is 5.82 Å². The van der Waals surface area contributed by atoms with Crippen LogP contribution in [0.3, 0.4) is 0 Å². The van der Waals surface area contributed by atoms with E-state index >= 15 is 0 Å². The van der Waals surface area contributed by atoms with E-state index in [0.717, 1.165) is 36.3 Å². The van der Waals surface area contributed by atoms with Gasteiger partial charge in [0.25, 0.3) is 5.56 Å². The fourth-order valence-corrected chi connectivity index (χ4v) is 4.39. The van der Waals surface area contributed by atoms with Crippen molar-refractivity contribution in [1.82, 2.24) is 14.9 Å². The van der Waals surface area contributed by atoms with Crippen molar-refractivity contribution in [3.63, 3.8) is 0 Å². The average Bonchev–Trinajstić information content (AvgIpc) is 2.93. The number of rotatable bonds is 3. The van der Waals surface area contributed by atoms with Gasteiger partial charge in [-0.1, -0.05) is 30.3 Å². The molecule has 3 aromatic rings. The van der Waals surface area contributed by atoms with Crippen molar-refractivity contribution in [3.8, 4) is 11.4 Å².